The van der Waals surface area contributed by atoms with Gasteiger partial charge in [0.15, 0.2) is 0 Å². The van der Waals surface area contributed by atoms with Gasteiger partial charge in [0.2, 0.25) is 0 Å². The Labute approximate surface area is 81.9 Å². The molecule has 13 heavy (non-hydrogen) atoms. The van der Waals surface area contributed by atoms with Gasteiger partial charge in [0.1, 0.15) is 0 Å². The molecule has 1 atom stereocenters. The maximum Gasteiger partial charge on any atom is 0.0468 e. The molecule has 0 aliphatic carbocycles. The molecule has 0 amide bonds. The predicted octanol–water partition coefficient (Wildman–Crippen LogP) is 1.74. The molecular weight excluding hydrogens is 162 g/mol. The highest BCUT2D eigenvalue weighted by atomic mass is 16.3. The molecule has 0 spiro atoms. The van der Waals surface area contributed by atoms with Gasteiger partial charge in [-0.25, -0.2) is 0 Å². The van der Waals surface area contributed by atoms with Gasteiger partial charge in [-0.05, 0) is 37.8 Å². The van der Waals surface area contributed by atoms with Crippen LogP contribution in [0.4, 0.5) is 0 Å². The topological polar surface area (TPSA) is 23.5 Å². The predicted molar refractivity (Wildman–Crippen MR) is 55.7 cm³/mol. The van der Waals surface area contributed by atoms with Gasteiger partial charge >= 0.3 is 0 Å². The lowest BCUT2D eigenvalue weighted by atomic mass is 9.94. The number of piperidine rings is 1. The zero-order valence-electron chi connectivity index (χ0n) is 9.00. The highest BCUT2D eigenvalue weighted by Gasteiger charge is 2.18. The van der Waals surface area contributed by atoms with Crippen molar-refractivity contribution in [2.75, 3.05) is 26.2 Å². The fraction of sp³-hybridized carbons (Fsp3) is 1.00. The van der Waals surface area contributed by atoms with E-state index in [1.165, 1.54) is 32.4 Å². The third kappa shape index (κ3) is 3.65. The molecule has 78 valence electrons. The van der Waals surface area contributed by atoms with Gasteiger partial charge in [-0.1, -0.05) is 20.3 Å². The molecule has 2 heteroatoms. The average Bonchev–Trinajstić information content (AvgIpc) is 2.19. The largest absolute Gasteiger partial charge is 0.396 e. The summed E-state index contributed by atoms with van der Waals surface area (Å²) in [6.45, 7) is 8.29. The van der Waals surface area contributed by atoms with Crippen LogP contribution in [0, 0.1) is 11.8 Å². The number of nitrogens with zero attached hydrogens (tertiary/aromatic N) is 1. The Morgan fingerprint density at radius 2 is 2.00 bits per heavy atom. The van der Waals surface area contributed by atoms with E-state index in [-0.39, 0.29) is 0 Å². The van der Waals surface area contributed by atoms with Crippen molar-refractivity contribution in [3.63, 3.8) is 0 Å². The smallest absolute Gasteiger partial charge is 0.0468 e. The first-order chi connectivity index (χ1) is 6.26. The van der Waals surface area contributed by atoms with Crippen LogP contribution in [0.3, 0.4) is 0 Å². The van der Waals surface area contributed by atoms with Crippen LogP contribution in [0.1, 0.15) is 33.1 Å². The summed E-state index contributed by atoms with van der Waals surface area (Å²) < 4.78 is 0. The van der Waals surface area contributed by atoms with Crippen LogP contribution in [-0.2, 0) is 0 Å². The van der Waals surface area contributed by atoms with E-state index < -0.39 is 0 Å². The Bertz CT molecular complexity index is 130. The average molecular weight is 185 g/mol. The van der Waals surface area contributed by atoms with Crippen LogP contribution < -0.4 is 0 Å². The van der Waals surface area contributed by atoms with Crippen molar-refractivity contribution in [2.45, 2.75) is 33.1 Å². The van der Waals surface area contributed by atoms with E-state index in [4.69, 9.17) is 5.11 Å². The zero-order valence-corrected chi connectivity index (χ0v) is 9.00. The van der Waals surface area contributed by atoms with Crippen LogP contribution in [-0.4, -0.2) is 36.2 Å². The molecule has 0 saturated carbocycles. The molecule has 1 heterocycles. The molecule has 0 aromatic rings. The summed E-state index contributed by atoms with van der Waals surface area (Å²) in [6.07, 6.45) is 4.05. The van der Waals surface area contributed by atoms with Crippen molar-refractivity contribution in [1.82, 2.24) is 4.90 Å². The van der Waals surface area contributed by atoms with Crippen molar-refractivity contribution < 1.29 is 5.11 Å². The summed E-state index contributed by atoms with van der Waals surface area (Å²) in [4.78, 5) is 2.49. The Morgan fingerprint density at radius 1 is 1.38 bits per heavy atom. The molecule has 2 nitrogen and oxygen atoms in total. The minimum Gasteiger partial charge on any atom is -0.396 e. The van der Waals surface area contributed by atoms with Crippen molar-refractivity contribution in [3.8, 4) is 0 Å². The van der Waals surface area contributed by atoms with E-state index in [9.17, 15) is 0 Å². The maximum absolute atomic E-state index is 8.94. The fourth-order valence-corrected chi connectivity index (χ4v) is 2.08. The van der Waals surface area contributed by atoms with E-state index in [1.54, 1.807) is 0 Å². The van der Waals surface area contributed by atoms with Gasteiger partial charge < -0.3 is 10.0 Å². The number of hydrogen-bond donors (Lipinski definition) is 1. The molecule has 1 saturated heterocycles. The summed E-state index contributed by atoms with van der Waals surface area (Å²) >= 11 is 0. The van der Waals surface area contributed by atoms with Crippen molar-refractivity contribution in [2.24, 2.45) is 11.8 Å². The molecule has 1 N–H and O–H groups in total. The lowest BCUT2D eigenvalue weighted by Gasteiger charge is -2.32. The van der Waals surface area contributed by atoms with Crippen molar-refractivity contribution in [1.29, 1.82) is 0 Å². The van der Waals surface area contributed by atoms with E-state index in [0.29, 0.717) is 12.5 Å². The summed E-state index contributed by atoms with van der Waals surface area (Å²) in [5.74, 6) is 1.40. The highest BCUT2D eigenvalue weighted by Crippen LogP contribution is 2.20. The molecule has 0 radical (unpaired) electrons. The van der Waals surface area contributed by atoms with Gasteiger partial charge in [0, 0.05) is 13.2 Å². The third-order valence-electron chi connectivity index (χ3n) is 3.17. The Morgan fingerprint density at radius 3 is 2.46 bits per heavy atom. The third-order valence-corrected chi connectivity index (χ3v) is 3.17. The molecule has 0 aromatic heterocycles. The normalized spacial score (nSPS) is 23.3. The minimum absolute atomic E-state index is 0.327. The number of rotatable bonds is 4. The van der Waals surface area contributed by atoms with E-state index >= 15 is 0 Å². The van der Waals surface area contributed by atoms with Gasteiger partial charge in [0.05, 0.1) is 0 Å². The molecule has 1 fully saturated rings. The van der Waals surface area contributed by atoms with Crippen molar-refractivity contribution in [3.05, 3.63) is 0 Å². The second kappa shape index (κ2) is 5.61. The number of likely N-dealkylation sites (tertiary alicyclic amines) is 1. The highest BCUT2D eigenvalue weighted by molar-refractivity contribution is 4.72. The van der Waals surface area contributed by atoms with Gasteiger partial charge in [0.25, 0.3) is 0 Å². The van der Waals surface area contributed by atoms with E-state index in [2.05, 4.69) is 18.7 Å². The van der Waals surface area contributed by atoms with Crippen molar-refractivity contribution >= 4 is 0 Å². The second-order valence-corrected chi connectivity index (χ2v) is 4.44. The quantitative estimate of drug-likeness (QED) is 0.721. The molecular formula is C11H23NO. The monoisotopic (exact) mass is 185 g/mol. The molecule has 1 aliphatic heterocycles. The lowest BCUT2D eigenvalue weighted by Crippen LogP contribution is -2.37. The molecule has 1 aliphatic rings. The molecule has 0 bridgehead atoms. The zero-order chi connectivity index (χ0) is 9.68. The first kappa shape index (κ1) is 11.0. The number of aliphatic hydroxyl groups is 1. The van der Waals surface area contributed by atoms with Gasteiger partial charge in [-0.15, -0.1) is 0 Å². The minimum atomic E-state index is 0.327. The van der Waals surface area contributed by atoms with E-state index in [1.807, 2.05) is 0 Å². The molecule has 1 rings (SSSR count). The Balaban J connectivity index is 2.17. The van der Waals surface area contributed by atoms with Crippen LogP contribution in [0.2, 0.25) is 0 Å². The fourth-order valence-electron chi connectivity index (χ4n) is 2.08. The Hall–Kier alpha value is -0.0800. The number of aliphatic hydroxyl groups excluding tert-OH is 1. The van der Waals surface area contributed by atoms with Crippen LogP contribution in [0.5, 0.6) is 0 Å². The SMILES string of the molecule is CCC1CCN(CC(C)CO)CC1. The standard InChI is InChI=1S/C11H23NO/c1-3-11-4-6-12(7-5-11)8-10(2)9-13/h10-11,13H,3-9H2,1-2H3. The summed E-state index contributed by atoms with van der Waals surface area (Å²) in [5, 5.41) is 8.94. The van der Waals surface area contributed by atoms with Crippen LogP contribution in [0.15, 0.2) is 0 Å². The van der Waals surface area contributed by atoms with Crippen LogP contribution in [0.25, 0.3) is 0 Å². The van der Waals surface area contributed by atoms with Crippen LogP contribution >= 0.6 is 0 Å². The first-order valence-electron chi connectivity index (χ1n) is 5.59. The van der Waals surface area contributed by atoms with E-state index in [0.717, 1.165) is 12.5 Å². The molecule has 0 aromatic carbocycles. The van der Waals surface area contributed by atoms with Gasteiger partial charge in [-0.3, -0.25) is 0 Å². The first-order valence-corrected chi connectivity index (χ1v) is 5.59. The molecule has 1 unspecified atom stereocenters. The van der Waals surface area contributed by atoms with Gasteiger partial charge in [-0.2, -0.15) is 0 Å². The summed E-state index contributed by atoms with van der Waals surface area (Å²) in [6, 6.07) is 0. The lowest BCUT2D eigenvalue weighted by molar-refractivity contribution is 0.134. The Kier molecular flexibility index (Phi) is 4.74. The second-order valence-electron chi connectivity index (χ2n) is 4.44. The maximum atomic E-state index is 8.94. The summed E-state index contributed by atoms with van der Waals surface area (Å²) in [7, 11) is 0. The number of hydrogen-bond acceptors (Lipinski definition) is 2. The summed E-state index contributed by atoms with van der Waals surface area (Å²) in [5.41, 5.74) is 0.